The van der Waals surface area contributed by atoms with Crippen molar-refractivity contribution >= 4 is 5.69 Å². The summed E-state index contributed by atoms with van der Waals surface area (Å²) in [5.74, 6) is 0.614. The number of nitrogens with zero attached hydrogens (tertiary/aromatic N) is 2. The second kappa shape index (κ2) is 7.81. The van der Waals surface area contributed by atoms with Gasteiger partial charge in [-0.3, -0.25) is 10.1 Å². The highest BCUT2D eigenvalue weighted by molar-refractivity contribution is 5.36. The molecule has 0 amide bonds. The van der Waals surface area contributed by atoms with Crippen molar-refractivity contribution in [3.05, 3.63) is 34.4 Å². The monoisotopic (exact) mass is 281 g/mol. The summed E-state index contributed by atoms with van der Waals surface area (Å²) in [5, 5.41) is 10.6. The van der Waals surface area contributed by atoms with E-state index < -0.39 is 4.92 Å². The van der Waals surface area contributed by atoms with Gasteiger partial charge in [-0.05, 0) is 39.1 Å². The lowest BCUT2D eigenvalue weighted by atomic mass is 10.1. The molecule has 0 aliphatic rings. The number of benzene rings is 1. The highest BCUT2D eigenvalue weighted by atomic mass is 16.6. The van der Waals surface area contributed by atoms with E-state index in [0.29, 0.717) is 5.75 Å². The van der Waals surface area contributed by atoms with Gasteiger partial charge in [-0.2, -0.15) is 0 Å². The van der Waals surface area contributed by atoms with Gasteiger partial charge in [0.25, 0.3) is 5.69 Å². The number of nitrogens with two attached hydrogens (primary N) is 1. The first-order valence-corrected chi connectivity index (χ1v) is 6.75. The summed E-state index contributed by atoms with van der Waals surface area (Å²) in [6.07, 6.45) is 1.55. The fraction of sp³-hybridized carbons (Fsp3) is 0.571. The molecule has 0 aromatic heterocycles. The van der Waals surface area contributed by atoms with Crippen LogP contribution in [0.25, 0.3) is 0 Å². The first kappa shape index (κ1) is 16.4. The third-order valence-corrected chi connectivity index (χ3v) is 3.14. The van der Waals surface area contributed by atoms with Crippen LogP contribution in [0.1, 0.15) is 19.8 Å². The van der Waals surface area contributed by atoms with E-state index in [1.54, 1.807) is 12.1 Å². The van der Waals surface area contributed by atoms with Gasteiger partial charge >= 0.3 is 0 Å². The molecular weight excluding hydrogens is 258 g/mol. The second-order valence-corrected chi connectivity index (χ2v) is 5.07. The Hall–Kier alpha value is -1.66. The summed E-state index contributed by atoms with van der Waals surface area (Å²) >= 11 is 0. The van der Waals surface area contributed by atoms with Crippen molar-refractivity contribution in [1.82, 2.24) is 4.90 Å². The minimum atomic E-state index is -0.426. The molecule has 20 heavy (non-hydrogen) atoms. The number of rotatable bonds is 8. The predicted octanol–water partition coefficient (Wildman–Crippen LogP) is 2.03. The zero-order valence-corrected chi connectivity index (χ0v) is 12.3. The predicted molar refractivity (Wildman–Crippen MR) is 78.9 cm³/mol. The zero-order valence-electron chi connectivity index (χ0n) is 12.3. The van der Waals surface area contributed by atoms with E-state index in [0.717, 1.165) is 19.4 Å². The molecule has 0 aliphatic carbocycles. The zero-order chi connectivity index (χ0) is 15.1. The number of non-ortho nitro benzene ring substituents is 1. The molecule has 0 heterocycles. The van der Waals surface area contributed by atoms with Crippen LogP contribution in [0, 0.1) is 10.1 Å². The van der Waals surface area contributed by atoms with Gasteiger partial charge in [-0.15, -0.1) is 0 Å². The molecule has 1 aromatic rings. The lowest BCUT2D eigenvalue weighted by Crippen LogP contribution is -2.40. The Bertz CT molecular complexity index is 420. The van der Waals surface area contributed by atoms with Gasteiger partial charge in [0.2, 0.25) is 0 Å². The van der Waals surface area contributed by atoms with Crippen molar-refractivity contribution in [3.8, 4) is 5.75 Å². The molecule has 2 N–H and O–H groups in total. The minimum absolute atomic E-state index is 0.0508. The van der Waals surface area contributed by atoms with Crippen LogP contribution in [0.15, 0.2) is 24.3 Å². The van der Waals surface area contributed by atoms with Gasteiger partial charge in [0.1, 0.15) is 11.9 Å². The molecule has 0 aliphatic heterocycles. The quantitative estimate of drug-likeness (QED) is 0.582. The molecule has 0 radical (unpaired) electrons. The van der Waals surface area contributed by atoms with Crippen LogP contribution in [-0.2, 0) is 0 Å². The van der Waals surface area contributed by atoms with Crippen molar-refractivity contribution in [2.45, 2.75) is 31.9 Å². The fourth-order valence-electron chi connectivity index (χ4n) is 1.83. The lowest BCUT2D eigenvalue weighted by molar-refractivity contribution is -0.384. The molecule has 0 fully saturated rings. The fourth-order valence-corrected chi connectivity index (χ4v) is 1.83. The Labute approximate surface area is 119 Å². The summed E-state index contributed by atoms with van der Waals surface area (Å²) in [7, 11) is 4.00. The first-order valence-electron chi connectivity index (χ1n) is 6.75. The Morgan fingerprint density at radius 2 is 1.95 bits per heavy atom. The third-order valence-electron chi connectivity index (χ3n) is 3.14. The van der Waals surface area contributed by atoms with Crippen LogP contribution < -0.4 is 10.5 Å². The van der Waals surface area contributed by atoms with E-state index in [2.05, 4.69) is 4.90 Å². The van der Waals surface area contributed by atoms with Crippen molar-refractivity contribution in [3.63, 3.8) is 0 Å². The van der Waals surface area contributed by atoms with Crippen molar-refractivity contribution < 1.29 is 9.66 Å². The average molecular weight is 281 g/mol. The molecule has 2 atom stereocenters. The molecule has 1 rings (SSSR count). The van der Waals surface area contributed by atoms with Crippen LogP contribution >= 0.6 is 0 Å². The molecule has 0 bridgehead atoms. The van der Waals surface area contributed by atoms with Gasteiger partial charge in [-0.25, -0.2) is 0 Å². The van der Waals surface area contributed by atoms with Crippen LogP contribution in [0.2, 0.25) is 0 Å². The normalized spacial score (nSPS) is 14.1. The third kappa shape index (κ3) is 5.14. The van der Waals surface area contributed by atoms with Gasteiger partial charge in [0, 0.05) is 24.7 Å². The maximum atomic E-state index is 10.6. The largest absolute Gasteiger partial charge is 0.489 e. The summed E-state index contributed by atoms with van der Waals surface area (Å²) in [5.41, 5.74) is 6.14. The highest BCUT2D eigenvalue weighted by Gasteiger charge is 2.18. The van der Waals surface area contributed by atoms with Crippen molar-refractivity contribution in [2.24, 2.45) is 5.73 Å². The Balaban J connectivity index is 2.70. The molecule has 0 saturated heterocycles. The van der Waals surface area contributed by atoms with E-state index >= 15 is 0 Å². The molecule has 2 unspecified atom stereocenters. The molecule has 6 heteroatoms. The van der Waals surface area contributed by atoms with E-state index in [-0.39, 0.29) is 17.8 Å². The summed E-state index contributed by atoms with van der Waals surface area (Å²) < 4.78 is 5.88. The summed E-state index contributed by atoms with van der Waals surface area (Å²) in [4.78, 5) is 12.3. The molecule has 0 spiro atoms. The number of nitro benzene ring substituents is 1. The average Bonchev–Trinajstić information content (AvgIpc) is 2.42. The number of ether oxygens (including phenoxy) is 1. The van der Waals surface area contributed by atoms with E-state index in [4.69, 9.17) is 10.5 Å². The van der Waals surface area contributed by atoms with Gasteiger partial charge in [0.15, 0.2) is 0 Å². The van der Waals surface area contributed by atoms with Crippen LogP contribution in [0.5, 0.6) is 5.75 Å². The highest BCUT2D eigenvalue weighted by Crippen LogP contribution is 2.20. The standard InChI is InChI=1S/C14H23N3O3/c1-4-13(15)14(9-10-16(2)3)20-12-7-5-11(6-8-12)17(18)19/h5-8,13-14H,4,9-10,15H2,1-3H3. The van der Waals surface area contributed by atoms with Gasteiger partial charge in [-0.1, -0.05) is 6.92 Å². The lowest BCUT2D eigenvalue weighted by Gasteiger charge is -2.25. The van der Waals surface area contributed by atoms with Gasteiger partial charge in [0.05, 0.1) is 4.92 Å². The SMILES string of the molecule is CCC(N)C(CCN(C)C)Oc1ccc([N+](=O)[O-])cc1. The molecule has 112 valence electrons. The van der Waals surface area contributed by atoms with E-state index in [1.807, 2.05) is 21.0 Å². The molecule has 6 nitrogen and oxygen atoms in total. The van der Waals surface area contributed by atoms with E-state index in [9.17, 15) is 10.1 Å². The van der Waals surface area contributed by atoms with Crippen molar-refractivity contribution in [1.29, 1.82) is 0 Å². The topological polar surface area (TPSA) is 81.6 Å². The number of nitro groups is 1. The second-order valence-electron chi connectivity index (χ2n) is 5.07. The number of hydrogen-bond acceptors (Lipinski definition) is 5. The first-order chi connectivity index (χ1) is 9.43. The molecule has 0 saturated carbocycles. The molecule has 1 aromatic carbocycles. The van der Waals surface area contributed by atoms with Crippen LogP contribution in [0.3, 0.4) is 0 Å². The summed E-state index contributed by atoms with van der Waals surface area (Å²) in [6.45, 7) is 2.90. The smallest absolute Gasteiger partial charge is 0.269 e. The Kier molecular flexibility index (Phi) is 6.41. The van der Waals surface area contributed by atoms with Crippen LogP contribution in [-0.4, -0.2) is 42.6 Å². The minimum Gasteiger partial charge on any atom is -0.489 e. The maximum absolute atomic E-state index is 10.6. The van der Waals surface area contributed by atoms with Crippen molar-refractivity contribution in [2.75, 3.05) is 20.6 Å². The van der Waals surface area contributed by atoms with Crippen LogP contribution in [0.4, 0.5) is 5.69 Å². The van der Waals surface area contributed by atoms with E-state index in [1.165, 1.54) is 12.1 Å². The Morgan fingerprint density at radius 1 is 1.35 bits per heavy atom. The summed E-state index contributed by atoms with van der Waals surface area (Å²) in [6, 6.07) is 6.06. The van der Waals surface area contributed by atoms with Gasteiger partial charge < -0.3 is 15.4 Å². The Morgan fingerprint density at radius 3 is 2.40 bits per heavy atom. The number of hydrogen-bond donors (Lipinski definition) is 1. The molecular formula is C14H23N3O3. The maximum Gasteiger partial charge on any atom is 0.269 e.